The zero-order valence-corrected chi connectivity index (χ0v) is 20.5. The molecule has 4 rings (SSSR count). The van der Waals surface area contributed by atoms with Gasteiger partial charge in [-0.2, -0.15) is 13.4 Å². The van der Waals surface area contributed by atoms with Gasteiger partial charge in [0.05, 0.1) is 4.90 Å². The molecule has 34 heavy (non-hydrogen) atoms. The van der Waals surface area contributed by atoms with E-state index in [4.69, 9.17) is 11.6 Å². The van der Waals surface area contributed by atoms with Gasteiger partial charge in [-0.05, 0) is 67.9 Å². The van der Waals surface area contributed by atoms with Crippen molar-refractivity contribution in [1.82, 2.24) is 19.2 Å². The first-order valence-corrected chi connectivity index (χ1v) is 12.7. The summed E-state index contributed by atoms with van der Waals surface area (Å²) in [5, 5.41) is 7.88. The van der Waals surface area contributed by atoms with Crippen LogP contribution in [0.15, 0.2) is 78.0 Å². The second-order valence-corrected chi connectivity index (χ2v) is 9.70. The highest BCUT2D eigenvalue weighted by atomic mass is 35.5. The van der Waals surface area contributed by atoms with Crippen LogP contribution in [0.25, 0.3) is 11.4 Å². The summed E-state index contributed by atoms with van der Waals surface area (Å²) in [6.45, 7) is 6.47. The van der Waals surface area contributed by atoms with Gasteiger partial charge < -0.3 is 10.2 Å². The van der Waals surface area contributed by atoms with Crippen molar-refractivity contribution in [1.29, 1.82) is 0 Å². The number of nitrogens with one attached hydrogen (secondary N) is 1. The van der Waals surface area contributed by atoms with Gasteiger partial charge >= 0.3 is 0 Å². The van der Waals surface area contributed by atoms with Gasteiger partial charge in [-0.15, -0.1) is 9.19 Å². The SMILES string of the molecule is CCN(CC)c1ccc(CNc2nc(-c3cccnc3)nn2S(=O)(=O)c2ccc(Cl)cc2)cc1. The Morgan fingerprint density at radius 1 is 1.00 bits per heavy atom. The van der Waals surface area contributed by atoms with Crippen molar-refractivity contribution in [3.8, 4) is 11.4 Å². The molecule has 0 spiro atoms. The van der Waals surface area contributed by atoms with E-state index in [-0.39, 0.29) is 16.7 Å². The van der Waals surface area contributed by atoms with Crippen molar-refractivity contribution in [3.05, 3.63) is 83.6 Å². The highest BCUT2D eigenvalue weighted by molar-refractivity contribution is 7.90. The van der Waals surface area contributed by atoms with E-state index < -0.39 is 10.0 Å². The average Bonchev–Trinajstić information content (AvgIpc) is 3.30. The van der Waals surface area contributed by atoms with E-state index in [0.29, 0.717) is 17.1 Å². The summed E-state index contributed by atoms with van der Waals surface area (Å²) < 4.78 is 27.6. The lowest BCUT2D eigenvalue weighted by molar-refractivity contribution is 0.580. The van der Waals surface area contributed by atoms with Crippen LogP contribution < -0.4 is 10.2 Å². The number of benzene rings is 2. The van der Waals surface area contributed by atoms with Crippen LogP contribution in [0, 0.1) is 0 Å². The third-order valence-electron chi connectivity index (χ3n) is 5.35. The van der Waals surface area contributed by atoms with Crippen LogP contribution in [0.5, 0.6) is 0 Å². The molecule has 0 amide bonds. The maximum atomic E-state index is 13.4. The van der Waals surface area contributed by atoms with Crippen LogP contribution in [-0.2, 0) is 16.6 Å². The van der Waals surface area contributed by atoms with E-state index in [1.54, 1.807) is 24.5 Å². The van der Waals surface area contributed by atoms with Gasteiger partial charge in [0.2, 0.25) is 5.95 Å². The zero-order valence-electron chi connectivity index (χ0n) is 18.9. The van der Waals surface area contributed by atoms with E-state index in [1.807, 2.05) is 12.1 Å². The number of halogens is 1. The summed E-state index contributed by atoms with van der Waals surface area (Å²) in [5.41, 5.74) is 2.73. The van der Waals surface area contributed by atoms with Gasteiger partial charge in [-0.25, -0.2) is 0 Å². The highest BCUT2D eigenvalue weighted by Gasteiger charge is 2.24. The number of aromatic nitrogens is 4. The maximum absolute atomic E-state index is 13.4. The van der Waals surface area contributed by atoms with Crippen LogP contribution in [-0.4, -0.2) is 40.7 Å². The van der Waals surface area contributed by atoms with Crippen molar-refractivity contribution in [2.24, 2.45) is 0 Å². The molecule has 0 radical (unpaired) electrons. The number of hydrogen-bond donors (Lipinski definition) is 1. The second-order valence-electron chi connectivity index (χ2n) is 7.49. The Balaban J connectivity index is 1.66. The minimum atomic E-state index is -4.01. The van der Waals surface area contributed by atoms with E-state index >= 15 is 0 Å². The first-order valence-electron chi connectivity index (χ1n) is 10.9. The van der Waals surface area contributed by atoms with Crippen LogP contribution in [0.2, 0.25) is 5.02 Å². The Morgan fingerprint density at radius 3 is 2.32 bits per heavy atom. The molecule has 2 aromatic heterocycles. The summed E-state index contributed by atoms with van der Waals surface area (Å²) >= 11 is 5.94. The molecule has 0 aliphatic rings. The standard InChI is InChI=1S/C24H25ClN6O2S/c1-3-30(4-2)21-11-7-18(8-12-21)16-27-24-28-23(19-6-5-15-26-17-19)29-31(24)34(32,33)22-13-9-20(25)10-14-22/h5-15,17H,3-4,16H2,1-2H3,(H,27,28,29). The maximum Gasteiger partial charge on any atom is 0.286 e. The lowest BCUT2D eigenvalue weighted by Gasteiger charge is -2.21. The minimum Gasteiger partial charge on any atom is -0.372 e. The Bertz CT molecular complexity index is 1340. The molecule has 8 nitrogen and oxygen atoms in total. The highest BCUT2D eigenvalue weighted by Crippen LogP contribution is 2.24. The molecule has 1 N–H and O–H groups in total. The third-order valence-corrected chi connectivity index (χ3v) is 7.18. The summed E-state index contributed by atoms with van der Waals surface area (Å²) in [5.74, 6) is 0.367. The van der Waals surface area contributed by atoms with Crippen molar-refractivity contribution < 1.29 is 8.42 Å². The number of rotatable bonds is 9. The largest absolute Gasteiger partial charge is 0.372 e. The van der Waals surface area contributed by atoms with Crippen molar-refractivity contribution in [2.75, 3.05) is 23.3 Å². The topological polar surface area (TPSA) is 93.0 Å². The molecule has 176 valence electrons. The van der Waals surface area contributed by atoms with Crippen LogP contribution in [0.4, 0.5) is 11.6 Å². The normalized spacial score (nSPS) is 11.4. The zero-order chi connectivity index (χ0) is 24.1. The van der Waals surface area contributed by atoms with Crippen molar-refractivity contribution in [3.63, 3.8) is 0 Å². The Hall–Kier alpha value is -3.43. The number of nitrogens with zero attached hydrogens (tertiary/aromatic N) is 5. The molecule has 0 bridgehead atoms. The molecule has 0 saturated heterocycles. The van der Waals surface area contributed by atoms with E-state index in [0.717, 1.165) is 28.4 Å². The molecule has 0 aliphatic carbocycles. The average molecular weight is 497 g/mol. The summed E-state index contributed by atoms with van der Waals surface area (Å²) in [6.07, 6.45) is 3.22. The fraction of sp³-hybridized carbons (Fsp3) is 0.208. The molecule has 4 aromatic rings. The molecule has 0 fully saturated rings. The number of hydrogen-bond acceptors (Lipinski definition) is 7. The fourth-order valence-corrected chi connectivity index (χ4v) is 4.82. The van der Waals surface area contributed by atoms with Gasteiger partial charge in [0.1, 0.15) is 0 Å². The van der Waals surface area contributed by atoms with Crippen LogP contribution in [0.1, 0.15) is 19.4 Å². The lowest BCUT2D eigenvalue weighted by Crippen LogP contribution is -2.21. The fourth-order valence-electron chi connectivity index (χ4n) is 3.49. The number of pyridine rings is 1. The quantitative estimate of drug-likeness (QED) is 0.359. The summed E-state index contributed by atoms with van der Waals surface area (Å²) in [6, 6.07) is 17.6. The first kappa shape index (κ1) is 23.7. The van der Waals surface area contributed by atoms with E-state index in [2.05, 4.69) is 51.3 Å². The molecule has 0 saturated carbocycles. The minimum absolute atomic E-state index is 0.0613. The molecule has 10 heteroatoms. The first-order chi connectivity index (χ1) is 16.4. The van der Waals surface area contributed by atoms with E-state index in [1.165, 1.54) is 24.3 Å². The predicted molar refractivity (Wildman–Crippen MR) is 135 cm³/mol. The van der Waals surface area contributed by atoms with Gasteiger partial charge in [0.15, 0.2) is 5.82 Å². The van der Waals surface area contributed by atoms with Gasteiger partial charge in [0.25, 0.3) is 10.0 Å². The molecule has 0 atom stereocenters. The lowest BCUT2D eigenvalue weighted by atomic mass is 10.2. The monoisotopic (exact) mass is 496 g/mol. The molecule has 0 aliphatic heterocycles. The molecule has 0 unspecified atom stereocenters. The summed E-state index contributed by atoms with van der Waals surface area (Å²) in [7, 11) is -4.01. The van der Waals surface area contributed by atoms with Gasteiger partial charge in [-0.3, -0.25) is 4.98 Å². The third kappa shape index (κ3) is 5.05. The second kappa shape index (κ2) is 10.2. The van der Waals surface area contributed by atoms with Crippen molar-refractivity contribution >= 4 is 33.3 Å². The van der Waals surface area contributed by atoms with E-state index in [9.17, 15) is 8.42 Å². The Kier molecular flexibility index (Phi) is 7.14. The van der Waals surface area contributed by atoms with Crippen LogP contribution in [0.3, 0.4) is 0 Å². The smallest absolute Gasteiger partial charge is 0.286 e. The summed E-state index contributed by atoms with van der Waals surface area (Å²) in [4.78, 5) is 10.9. The molecule has 2 heterocycles. The molecular weight excluding hydrogens is 472 g/mol. The molecule has 2 aromatic carbocycles. The molecular formula is C24H25ClN6O2S. The predicted octanol–water partition coefficient (Wildman–Crippen LogP) is 4.69. The Labute approximate surface area is 204 Å². The van der Waals surface area contributed by atoms with Gasteiger partial charge in [-0.1, -0.05) is 23.7 Å². The van der Waals surface area contributed by atoms with Gasteiger partial charge in [0, 0.05) is 48.3 Å². The number of anilines is 2. The van der Waals surface area contributed by atoms with Crippen molar-refractivity contribution in [2.45, 2.75) is 25.3 Å². The van der Waals surface area contributed by atoms with Crippen LogP contribution >= 0.6 is 11.6 Å². The Morgan fingerprint density at radius 2 is 1.71 bits per heavy atom.